The molecule has 1 unspecified atom stereocenters. The van der Waals surface area contributed by atoms with Crippen LogP contribution in [0.5, 0.6) is 11.5 Å². The van der Waals surface area contributed by atoms with E-state index >= 15 is 0 Å². The minimum Gasteiger partial charge on any atom is -0.454 e. The van der Waals surface area contributed by atoms with Crippen LogP contribution < -0.4 is 9.47 Å². The van der Waals surface area contributed by atoms with Gasteiger partial charge in [0.15, 0.2) is 11.5 Å². The molecular formula is C11H14O3S. The summed E-state index contributed by atoms with van der Waals surface area (Å²) in [5.74, 6) is 2.20. The molecule has 0 spiro atoms. The molecule has 0 amide bonds. The van der Waals surface area contributed by atoms with E-state index in [0.717, 1.165) is 22.6 Å². The second-order valence-electron chi connectivity index (χ2n) is 3.53. The van der Waals surface area contributed by atoms with Crippen molar-refractivity contribution in [2.75, 3.05) is 18.8 Å². The lowest BCUT2D eigenvalue weighted by atomic mass is 10.0. The van der Waals surface area contributed by atoms with E-state index < -0.39 is 6.10 Å². The van der Waals surface area contributed by atoms with E-state index in [1.807, 2.05) is 25.3 Å². The Morgan fingerprint density at radius 2 is 2.07 bits per heavy atom. The number of hydrogen-bond donors (Lipinski definition) is 1. The van der Waals surface area contributed by atoms with Crippen molar-refractivity contribution in [3.8, 4) is 11.5 Å². The van der Waals surface area contributed by atoms with E-state index in [0.29, 0.717) is 5.75 Å². The van der Waals surface area contributed by atoms with Gasteiger partial charge >= 0.3 is 0 Å². The third-order valence-corrected chi connectivity index (χ3v) is 3.09. The van der Waals surface area contributed by atoms with Gasteiger partial charge in [0.2, 0.25) is 6.79 Å². The maximum atomic E-state index is 9.92. The van der Waals surface area contributed by atoms with Gasteiger partial charge < -0.3 is 14.6 Å². The molecule has 1 aromatic carbocycles. The van der Waals surface area contributed by atoms with Crippen LogP contribution in [-0.4, -0.2) is 23.9 Å². The molecule has 0 saturated carbocycles. The fourth-order valence-electron chi connectivity index (χ4n) is 1.67. The Balaban J connectivity index is 2.31. The summed E-state index contributed by atoms with van der Waals surface area (Å²) >= 11 is 1.62. The second-order valence-corrected chi connectivity index (χ2v) is 4.44. The molecule has 82 valence electrons. The molecule has 1 atom stereocenters. The molecule has 0 fully saturated rings. The molecule has 1 N–H and O–H groups in total. The maximum absolute atomic E-state index is 9.92. The summed E-state index contributed by atoms with van der Waals surface area (Å²) in [7, 11) is 0. The number of aryl methyl sites for hydroxylation is 1. The summed E-state index contributed by atoms with van der Waals surface area (Å²) in [5, 5.41) is 9.92. The number of fused-ring (bicyclic) bond motifs is 1. The molecule has 0 radical (unpaired) electrons. The fraction of sp³-hybridized carbons (Fsp3) is 0.455. The van der Waals surface area contributed by atoms with Crippen molar-refractivity contribution in [1.82, 2.24) is 0 Å². The van der Waals surface area contributed by atoms with Crippen LogP contribution in [0.15, 0.2) is 12.1 Å². The van der Waals surface area contributed by atoms with Crippen LogP contribution in [0.1, 0.15) is 17.2 Å². The molecule has 0 aliphatic carbocycles. The van der Waals surface area contributed by atoms with Gasteiger partial charge in [-0.1, -0.05) is 0 Å². The largest absolute Gasteiger partial charge is 0.454 e. The lowest BCUT2D eigenvalue weighted by Gasteiger charge is -2.13. The second kappa shape index (κ2) is 4.33. The zero-order valence-electron chi connectivity index (χ0n) is 8.82. The van der Waals surface area contributed by atoms with Crippen molar-refractivity contribution in [1.29, 1.82) is 0 Å². The summed E-state index contributed by atoms with van der Waals surface area (Å²) in [6.45, 7) is 2.25. The summed E-state index contributed by atoms with van der Waals surface area (Å²) in [4.78, 5) is 0. The van der Waals surface area contributed by atoms with Gasteiger partial charge in [-0.2, -0.15) is 11.8 Å². The van der Waals surface area contributed by atoms with Crippen molar-refractivity contribution in [2.45, 2.75) is 13.0 Å². The summed E-state index contributed by atoms with van der Waals surface area (Å²) in [6.07, 6.45) is 1.54. The molecular weight excluding hydrogens is 212 g/mol. The minimum absolute atomic E-state index is 0.275. The highest BCUT2D eigenvalue weighted by atomic mass is 32.2. The Hall–Kier alpha value is -0.870. The Labute approximate surface area is 93.4 Å². The number of aliphatic hydroxyl groups is 1. The molecule has 2 rings (SSSR count). The Bertz CT molecular complexity index is 365. The fourth-order valence-corrected chi connectivity index (χ4v) is 2.16. The average molecular weight is 226 g/mol. The zero-order chi connectivity index (χ0) is 10.8. The number of aliphatic hydroxyl groups excluding tert-OH is 1. The van der Waals surface area contributed by atoms with Gasteiger partial charge in [0.25, 0.3) is 0 Å². The third-order valence-electron chi connectivity index (χ3n) is 2.44. The van der Waals surface area contributed by atoms with Gasteiger partial charge in [-0.25, -0.2) is 0 Å². The standard InChI is InChI=1S/C11H14O3S/c1-7-3-10-11(14-6-13-10)4-8(7)9(12)5-15-2/h3-4,9,12H,5-6H2,1-2H3. The summed E-state index contributed by atoms with van der Waals surface area (Å²) in [6, 6.07) is 3.79. The normalized spacial score (nSPS) is 15.4. The highest BCUT2D eigenvalue weighted by Gasteiger charge is 2.18. The summed E-state index contributed by atoms with van der Waals surface area (Å²) < 4.78 is 10.5. The molecule has 0 saturated heterocycles. The van der Waals surface area contributed by atoms with Crippen molar-refractivity contribution >= 4 is 11.8 Å². The lowest BCUT2D eigenvalue weighted by molar-refractivity contribution is 0.173. The Morgan fingerprint density at radius 3 is 2.73 bits per heavy atom. The number of hydrogen-bond acceptors (Lipinski definition) is 4. The predicted octanol–water partition coefficient (Wildman–Crippen LogP) is 2.12. The lowest BCUT2D eigenvalue weighted by Crippen LogP contribution is -2.02. The highest BCUT2D eigenvalue weighted by molar-refractivity contribution is 7.98. The summed E-state index contributed by atoms with van der Waals surface area (Å²) in [5.41, 5.74) is 1.97. The van der Waals surface area contributed by atoms with Gasteiger partial charge in [0.05, 0.1) is 6.10 Å². The molecule has 3 nitrogen and oxygen atoms in total. The topological polar surface area (TPSA) is 38.7 Å². The molecule has 0 bridgehead atoms. The van der Waals surface area contributed by atoms with Gasteiger partial charge in [0.1, 0.15) is 0 Å². The first-order valence-electron chi connectivity index (χ1n) is 4.79. The zero-order valence-corrected chi connectivity index (χ0v) is 9.63. The minimum atomic E-state index is -0.436. The number of rotatable bonds is 3. The monoisotopic (exact) mass is 226 g/mol. The van der Waals surface area contributed by atoms with Crippen molar-refractivity contribution < 1.29 is 14.6 Å². The number of benzene rings is 1. The number of ether oxygens (including phenoxy) is 2. The van der Waals surface area contributed by atoms with Crippen LogP contribution in [0.25, 0.3) is 0 Å². The van der Waals surface area contributed by atoms with Crippen molar-refractivity contribution in [2.24, 2.45) is 0 Å². The van der Waals surface area contributed by atoms with Crippen LogP contribution in [0.4, 0.5) is 0 Å². The van der Waals surface area contributed by atoms with Crippen LogP contribution in [-0.2, 0) is 0 Å². The molecule has 1 heterocycles. The molecule has 4 heteroatoms. The molecule has 1 aromatic rings. The third kappa shape index (κ3) is 2.06. The first-order chi connectivity index (χ1) is 7.22. The molecule has 0 aromatic heterocycles. The first-order valence-corrected chi connectivity index (χ1v) is 6.19. The van der Waals surface area contributed by atoms with E-state index in [1.165, 1.54) is 0 Å². The van der Waals surface area contributed by atoms with E-state index in [4.69, 9.17) is 9.47 Å². The van der Waals surface area contributed by atoms with Crippen molar-refractivity contribution in [3.63, 3.8) is 0 Å². The Kier molecular flexibility index (Phi) is 3.07. The maximum Gasteiger partial charge on any atom is 0.231 e. The SMILES string of the molecule is CSCC(O)c1cc2c(cc1C)OCO2. The highest BCUT2D eigenvalue weighted by Crippen LogP contribution is 2.36. The molecule has 1 aliphatic rings. The van der Waals surface area contributed by atoms with Crippen LogP contribution in [0.3, 0.4) is 0 Å². The first kappa shape index (κ1) is 10.6. The van der Waals surface area contributed by atoms with Gasteiger partial charge in [-0.15, -0.1) is 0 Å². The average Bonchev–Trinajstić information content (AvgIpc) is 2.63. The van der Waals surface area contributed by atoms with Crippen LogP contribution >= 0.6 is 11.8 Å². The Morgan fingerprint density at radius 1 is 1.40 bits per heavy atom. The van der Waals surface area contributed by atoms with Gasteiger partial charge in [-0.3, -0.25) is 0 Å². The number of thioether (sulfide) groups is 1. The van der Waals surface area contributed by atoms with Crippen molar-refractivity contribution in [3.05, 3.63) is 23.3 Å². The van der Waals surface area contributed by atoms with E-state index in [2.05, 4.69) is 0 Å². The van der Waals surface area contributed by atoms with E-state index in [-0.39, 0.29) is 6.79 Å². The molecule has 15 heavy (non-hydrogen) atoms. The molecule has 1 aliphatic heterocycles. The van der Waals surface area contributed by atoms with Crippen LogP contribution in [0, 0.1) is 6.92 Å². The van der Waals surface area contributed by atoms with E-state index in [9.17, 15) is 5.11 Å². The smallest absolute Gasteiger partial charge is 0.231 e. The predicted molar refractivity (Wildman–Crippen MR) is 60.6 cm³/mol. The van der Waals surface area contributed by atoms with Gasteiger partial charge in [0, 0.05) is 5.75 Å². The van der Waals surface area contributed by atoms with E-state index in [1.54, 1.807) is 11.8 Å². The van der Waals surface area contributed by atoms with Crippen LogP contribution in [0.2, 0.25) is 0 Å². The van der Waals surface area contributed by atoms with Gasteiger partial charge in [-0.05, 0) is 36.4 Å². The quantitative estimate of drug-likeness (QED) is 0.856.